The average molecular weight is 314 g/mol. The second kappa shape index (κ2) is 6.08. The van der Waals surface area contributed by atoms with Gasteiger partial charge in [-0.15, -0.1) is 0 Å². The Morgan fingerprint density at radius 2 is 1.90 bits per heavy atom. The van der Waals surface area contributed by atoms with E-state index >= 15 is 0 Å². The number of pyridine rings is 1. The second-order valence-corrected chi connectivity index (χ2v) is 7.10. The SMILES string of the molecule is N#CC1(NS(=O)(=O)c2ccc(Cl)nc2)CCCCCC1. The Morgan fingerprint density at radius 3 is 2.40 bits per heavy atom. The second-order valence-electron chi connectivity index (χ2n) is 5.03. The molecule has 0 spiro atoms. The molecule has 0 amide bonds. The van der Waals surface area contributed by atoms with Crippen LogP contribution in [0.4, 0.5) is 0 Å². The molecule has 0 unspecified atom stereocenters. The Bertz CT molecular complexity index is 599. The molecule has 1 fully saturated rings. The highest BCUT2D eigenvalue weighted by Gasteiger charge is 2.35. The van der Waals surface area contributed by atoms with Gasteiger partial charge in [-0.1, -0.05) is 37.3 Å². The Balaban J connectivity index is 2.26. The maximum Gasteiger partial charge on any atom is 0.243 e. The van der Waals surface area contributed by atoms with Gasteiger partial charge in [-0.05, 0) is 25.0 Å². The zero-order valence-electron chi connectivity index (χ0n) is 11.0. The Kier molecular flexibility index (Phi) is 4.63. The van der Waals surface area contributed by atoms with Crippen LogP contribution in [0.5, 0.6) is 0 Å². The number of halogens is 1. The number of nitrogens with zero attached hydrogens (tertiary/aromatic N) is 2. The van der Waals surface area contributed by atoms with E-state index in [2.05, 4.69) is 15.8 Å². The molecule has 0 atom stereocenters. The van der Waals surface area contributed by atoms with Crippen LogP contribution in [0.3, 0.4) is 0 Å². The number of hydrogen-bond donors (Lipinski definition) is 1. The van der Waals surface area contributed by atoms with Gasteiger partial charge in [0, 0.05) is 6.20 Å². The highest BCUT2D eigenvalue weighted by atomic mass is 35.5. The summed E-state index contributed by atoms with van der Waals surface area (Å²) in [6.45, 7) is 0. The first-order valence-electron chi connectivity index (χ1n) is 6.54. The molecule has 1 aromatic rings. The topological polar surface area (TPSA) is 82.9 Å². The van der Waals surface area contributed by atoms with Crippen molar-refractivity contribution in [2.45, 2.75) is 49.0 Å². The molecule has 0 aliphatic heterocycles. The van der Waals surface area contributed by atoms with Gasteiger partial charge in [0.2, 0.25) is 10.0 Å². The van der Waals surface area contributed by atoms with Crippen molar-refractivity contribution >= 4 is 21.6 Å². The molecule has 1 aliphatic carbocycles. The van der Waals surface area contributed by atoms with Crippen LogP contribution in [0.1, 0.15) is 38.5 Å². The van der Waals surface area contributed by atoms with Gasteiger partial charge < -0.3 is 0 Å². The lowest BCUT2D eigenvalue weighted by atomic mass is 9.94. The standard InChI is InChI=1S/C13H16ClN3O2S/c14-12-6-5-11(9-16-12)20(18,19)17-13(10-15)7-3-1-2-4-8-13/h5-6,9,17H,1-4,7-8H2. The van der Waals surface area contributed by atoms with Gasteiger partial charge >= 0.3 is 0 Å². The Labute approximate surface area is 124 Å². The van der Waals surface area contributed by atoms with Crippen LogP contribution in [-0.2, 0) is 10.0 Å². The van der Waals surface area contributed by atoms with Gasteiger partial charge in [0.05, 0.1) is 6.07 Å². The number of sulfonamides is 1. The predicted octanol–water partition coefficient (Wildman–Crippen LogP) is 2.63. The Hall–Kier alpha value is -1.16. The zero-order chi connectivity index (χ0) is 14.6. The summed E-state index contributed by atoms with van der Waals surface area (Å²) in [5.74, 6) is 0. The van der Waals surface area contributed by atoms with E-state index in [0.29, 0.717) is 12.8 Å². The van der Waals surface area contributed by atoms with Gasteiger partial charge in [0.15, 0.2) is 0 Å². The molecule has 0 radical (unpaired) electrons. The highest BCUT2D eigenvalue weighted by molar-refractivity contribution is 7.89. The minimum atomic E-state index is -3.76. The van der Waals surface area contributed by atoms with Crippen molar-refractivity contribution < 1.29 is 8.42 Å². The van der Waals surface area contributed by atoms with Gasteiger partial charge in [0.25, 0.3) is 0 Å². The molecule has 0 saturated heterocycles. The van der Waals surface area contributed by atoms with Crippen molar-refractivity contribution in [2.24, 2.45) is 0 Å². The summed E-state index contributed by atoms with van der Waals surface area (Å²) in [5, 5.41) is 9.64. The van der Waals surface area contributed by atoms with Crippen molar-refractivity contribution in [2.75, 3.05) is 0 Å². The van der Waals surface area contributed by atoms with Crippen LogP contribution in [0.25, 0.3) is 0 Å². The molecule has 0 bridgehead atoms. The lowest BCUT2D eigenvalue weighted by molar-refractivity contribution is 0.422. The van der Waals surface area contributed by atoms with Crippen LogP contribution in [0.15, 0.2) is 23.2 Å². The van der Waals surface area contributed by atoms with Crippen molar-refractivity contribution in [3.8, 4) is 6.07 Å². The van der Waals surface area contributed by atoms with E-state index in [1.54, 1.807) is 0 Å². The number of hydrogen-bond acceptors (Lipinski definition) is 4. The fraction of sp³-hybridized carbons (Fsp3) is 0.538. The van der Waals surface area contributed by atoms with Crippen molar-refractivity contribution in [3.05, 3.63) is 23.5 Å². The number of rotatable bonds is 3. The molecule has 0 aromatic carbocycles. The first-order chi connectivity index (χ1) is 9.47. The van der Waals surface area contributed by atoms with E-state index in [4.69, 9.17) is 11.6 Å². The molecule has 7 heteroatoms. The van der Waals surface area contributed by atoms with Crippen LogP contribution in [0.2, 0.25) is 5.15 Å². The summed E-state index contributed by atoms with van der Waals surface area (Å²) < 4.78 is 27.2. The summed E-state index contributed by atoms with van der Waals surface area (Å²) >= 11 is 5.65. The first kappa shape index (κ1) is 15.2. The summed E-state index contributed by atoms with van der Waals surface area (Å²) in [6, 6.07) is 4.97. The fourth-order valence-corrected chi connectivity index (χ4v) is 3.84. The first-order valence-corrected chi connectivity index (χ1v) is 8.40. The molecule has 1 aliphatic rings. The number of nitrogens with one attached hydrogen (secondary N) is 1. The summed E-state index contributed by atoms with van der Waals surface area (Å²) in [4.78, 5) is 3.80. The van der Waals surface area contributed by atoms with Crippen molar-refractivity contribution in [1.82, 2.24) is 9.71 Å². The third-order valence-corrected chi connectivity index (χ3v) is 5.26. The lowest BCUT2D eigenvalue weighted by Gasteiger charge is -2.25. The molecule has 1 N–H and O–H groups in total. The summed E-state index contributed by atoms with van der Waals surface area (Å²) in [6.07, 6.45) is 6.07. The zero-order valence-corrected chi connectivity index (χ0v) is 12.5. The molecule has 5 nitrogen and oxygen atoms in total. The average Bonchev–Trinajstić information content (AvgIpc) is 2.65. The van der Waals surface area contributed by atoms with Crippen LogP contribution in [-0.4, -0.2) is 18.9 Å². The van der Waals surface area contributed by atoms with Gasteiger partial charge in [0.1, 0.15) is 15.6 Å². The summed E-state index contributed by atoms with van der Waals surface area (Å²) in [5.41, 5.74) is -1.00. The van der Waals surface area contributed by atoms with Gasteiger partial charge in [-0.2, -0.15) is 9.98 Å². The predicted molar refractivity (Wildman–Crippen MR) is 75.6 cm³/mol. The van der Waals surface area contributed by atoms with Crippen LogP contribution >= 0.6 is 11.6 Å². The van der Waals surface area contributed by atoms with Crippen molar-refractivity contribution in [1.29, 1.82) is 5.26 Å². The highest BCUT2D eigenvalue weighted by Crippen LogP contribution is 2.28. The third kappa shape index (κ3) is 3.48. The normalized spacial score (nSPS) is 19.0. The molecule has 1 saturated carbocycles. The molecule has 2 rings (SSSR count). The van der Waals surface area contributed by atoms with Crippen molar-refractivity contribution in [3.63, 3.8) is 0 Å². The van der Waals surface area contributed by atoms with Crippen LogP contribution in [0, 0.1) is 11.3 Å². The Morgan fingerprint density at radius 1 is 1.25 bits per heavy atom. The maximum atomic E-state index is 12.3. The smallest absolute Gasteiger partial charge is 0.243 e. The minimum absolute atomic E-state index is 0.0285. The molecule has 108 valence electrons. The monoisotopic (exact) mass is 313 g/mol. The summed E-state index contributed by atoms with van der Waals surface area (Å²) in [7, 11) is -3.76. The minimum Gasteiger partial charge on any atom is -0.243 e. The van der Waals surface area contributed by atoms with E-state index in [1.165, 1.54) is 18.3 Å². The van der Waals surface area contributed by atoms with E-state index in [0.717, 1.165) is 25.7 Å². The molecule has 20 heavy (non-hydrogen) atoms. The molecule has 1 heterocycles. The van der Waals surface area contributed by atoms with E-state index < -0.39 is 15.6 Å². The van der Waals surface area contributed by atoms with Gasteiger partial charge in [-0.3, -0.25) is 0 Å². The number of aromatic nitrogens is 1. The molecule has 1 aromatic heterocycles. The van der Waals surface area contributed by atoms with E-state index in [1.807, 2.05) is 0 Å². The lowest BCUT2D eigenvalue weighted by Crippen LogP contribution is -2.46. The largest absolute Gasteiger partial charge is 0.243 e. The maximum absolute atomic E-state index is 12.3. The van der Waals surface area contributed by atoms with E-state index in [-0.39, 0.29) is 10.0 Å². The van der Waals surface area contributed by atoms with E-state index in [9.17, 15) is 13.7 Å². The third-order valence-electron chi connectivity index (χ3n) is 3.51. The quantitative estimate of drug-likeness (QED) is 0.687. The number of nitriles is 1. The van der Waals surface area contributed by atoms with Gasteiger partial charge in [-0.25, -0.2) is 13.4 Å². The van der Waals surface area contributed by atoms with Crippen LogP contribution < -0.4 is 4.72 Å². The molecular weight excluding hydrogens is 298 g/mol. The molecular formula is C13H16ClN3O2S. The fourth-order valence-electron chi connectivity index (χ4n) is 2.41.